The second-order valence-corrected chi connectivity index (χ2v) is 4.39. The second kappa shape index (κ2) is 7.24. The largest absolute Gasteiger partial charge is 0.323 e. The van der Waals surface area contributed by atoms with E-state index < -0.39 is 0 Å². The zero-order valence-corrected chi connectivity index (χ0v) is 11.2. The highest BCUT2D eigenvalue weighted by atomic mass is 79.9. The Bertz CT molecular complexity index is 395. The van der Waals surface area contributed by atoms with Gasteiger partial charge in [0, 0.05) is 11.0 Å². The molecule has 17 heavy (non-hydrogen) atoms. The van der Waals surface area contributed by atoms with Gasteiger partial charge in [0.05, 0.1) is 5.69 Å². The number of aliphatic imine (C=N–C) groups is 1. The number of hydrogen-bond donors (Lipinski definition) is 3. The minimum atomic E-state index is -0.363. The minimum absolute atomic E-state index is 0.335. The van der Waals surface area contributed by atoms with E-state index in [2.05, 4.69) is 38.6 Å². The molecule has 0 heterocycles. The lowest BCUT2D eigenvalue weighted by Crippen LogP contribution is -2.36. The monoisotopic (exact) mass is 302 g/mol. The zero-order valence-electron chi connectivity index (χ0n) is 9.63. The van der Waals surface area contributed by atoms with Gasteiger partial charge in [-0.1, -0.05) is 29.3 Å². The molecule has 6 heteroatoms. The third kappa shape index (κ3) is 4.70. The highest BCUT2D eigenvalue weighted by molar-refractivity contribution is 9.10. The summed E-state index contributed by atoms with van der Waals surface area (Å²) in [5.74, 6) is 5.31. The Balaban J connectivity index is 2.70. The SMILES string of the molecule is CCCCN=C(NN)Nc1ccc(Br)cc1F. The van der Waals surface area contributed by atoms with Crippen LogP contribution in [0.1, 0.15) is 19.8 Å². The van der Waals surface area contributed by atoms with Crippen LogP contribution >= 0.6 is 15.9 Å². The van der Waals surface area contributed by atoms with E-state index in [4.69, 9.17) is 5.84 Å². The summed E-state index contributed by atoms with van der Waals surface area (Å²) in [6.45, 7) is 2.73. The first-order valence-electron chi connectivity index (χ1n) is 5.40. The predicted octanol–water partition coefficient (Wildman–Crippen LogP) is 2.62. The van der Waals surface area contributed by atoms with Crippen molar-refractivity contribution in [1.82, 2.24) is 5.43 Å². The molecule has 4 nitrogen and oxygen atoms in total. The molecule has 0 radical (unpaired) electrons. The van der Waals surface area contributed by atoms with Crippen molar-refractivity contribution in [1.29, 1.82) is 0 Å². The number of nitrogens with zero attached hydrogens (tertiary/aromatic N) is 1. The van der Waals surface area contributed by atoms with Gasteiger partial charge in [-0.25, -0.2) is 10.2 Å². The van der Waals surface area contributed by atoms with Crippen molar-refractivity contribution in [2.75, 3.05) is 11.9 Å². The molecule has 4 N–H and O–H groups in total. The van der Waals surface area contributed by atoms with E-state index in [9.17, 15) is 4.39 Å². The number of rotatable bonds is 4. The van der Waals surface area contributed by atoms with E-state index in [1.54, 1.807) is 12.1 Å². The topological polar surface area (TPSA) is 62.4 Å². The van der Waals surface area contributed by atoms with Gasteiger partial charge in [-0.2, -0.15) is 0 Å². The first-order valence-corrected chi connectivity index (χ1v) is 6.19. The molecule has 0 saturated heterocycles. The molecule has 1 rings (SSSR count). The number of nitrogens with one attached hydrogen (secondary N) is 2. The molecule has 0 fully saturated rings. The van der Waals surface area contributed by atoms with Crippen molar-refractivity contribution in [2.24, 2.45) is 10.8 Å². The van der Waals surface area contributed by atoms with Crippen LogP contribution in [0.3, 0.4) is 0 Å². The molecule has 1 aromatic rings. The lowest BCUT2D eigenvalue weighted by Gasteiger charge is -2.10. The van der Waals surface area contributed by atoms with Crippen LogP contribution in [0.4, 0.5) is 10.1 Å². The molecule has 0 spiro atoms. The third-order valence-corrected chi connectivity index (χ3v) is 2.60. The summed E-state index contributed by atoms with van der Waals surface area (Å²) < 4.78 is 14.2. The zero-order chi connectivity index (χ0) is 12.7. The van der Waals surface area contributed by atoms with Crippen LogP contribution in [0, 0.1) is 5.82 Å². The van der Waals surface area contributed by atoms with Crippen molar-refractivity contribution < 1.29 is 4.39 Å². The number of nitrogens with two attached hydrogens (primary N) is 1. The smallest absolute Gasteiger partial charge is 0.210 e. The number of benzene rings is 1. The van der Waals surface area contributed by atoms with Crippen LogP contribution < -0.4 is 16.6 Å². The van der Waals surface area contributed by atoms with Crippen molar-refractivity contribution in [3.8, 4) is 0 Å². The van der Waals surface area contributed by atoms with Crippen LogP contribution in [0.25, 0.3) is 0 Å². The van der Waals surface area contributed by atoms with Crippen molar-refractivity contribution >= 4 is 27.6 Å². The van der Waals surface area contributed by atoms with Gasteiger partial charge in [0.25, 0.3) is 0 Å². The van der Waals surface area contributed by atoms with Gasteiger partial charge in [0.2, 0.25) is 5.96 Å². The maximum absolute atomic E-state index is 13.5. The van der Waals surface area contributed by atoms with Gasteiger partial charge in [-0.15, -0.1) is 0 Å². The van der Waals surface area contributed by atoms with Gasteiger partial charge >= 0.3 is 0 Å². The first kappa shape index (κ1) is 13.9. The van der Waals surface area contributed by atoms with Crippen LogP contribution in [0.15, 0.2) is 27.7 Å². The molecule has 0 aliphatic rings. The Kier molecular flexibility index (Phi) is 5.93. The van der Waals surface area contributed by atoms with Gasteiger partial charge < -0.3 is 5.32 Å². The fourth-order valence-electron chi connectivity index (χ4n) is 1.19. The van der Waals surface area contributed by atoms with Gasteiger partial charge in [-0.05, 0) is 24.6 Å². The molecule has 0 unspecified atom stereocenters. The lowest BCUT2D eigenvalue weighted by molar-refractivity contribution is 0.631. The van der Waals surface area contributed by atoms with E-state index >= 15 is 0 Å². The summed E-state index contributed by atoms with van der Waals surface area (Å²) >= 11 is 3.19. The average Bonchev–Trinajstić information content (AvgIpc) is 2.31. The maximum Gasteiger partial charge on any atom is 0.210 e. The number of hydrazine groups is 1. The van der Waals surface area contributed by atoms with Crippen molar-refractivity contribution in [3.63, 3.8) is 0 Å². The molecule has 0 aromatic heterocycles. The molecule has 94 valence electrons. The Hall–Kier alpha value is -1.14. The Morgan fingerprint density at radius 2 is 2.29 bits per heavy atom. The van der Waals surface area contributed by atoms with Crippen molar-refractivity contribution in [2.45, 2.75) is 19.8 Å². The van der Waals surface area contributed by atoms with E-state index in [1.165, 1.54) is 6.07 Å². The number of hydrogen-bond acceptors (Lipinski definition) is 2. The summed E-state index contributed by atoms with van der Waals surface area (Å²) in [6, 6.07) is 4.74. The van der Waals surface area contributed by atoms with Gasteiger partial charge in [0.1, 0.15) is 5.82 Å². The van der Waals surface area contributed by atoms with E-state index in [1.807, 2.05) is 0 Å². The summed E-state index contributed by atoms with van der Waals surface area (Å²) in [5, 5.41) is 2.80. The van der Waals surface area contributed by atoms with Crippen LogP contribution in [-0.4, -0.2) is 12.5 Å². The molecule has 0 aliphatic heterocycles. The van der Waals surface area contributed by atoms with Crippen LogP contribution in [0.2, 0.25) is 0 Å². The van der Waals surface area contributed by atoms with Gasteiger partial charge in [-0.3, -0.25) is 10.4 Å². The fraction of sp³-hybridized carbons (Fsp3) is 0.364. The summed E-state index contributed by atoms with van der Waals surface area (Å²) in [4.78, 5) is 4.18. The number of unbranched alkanes of at least 4 members (excludes halogenated alkanes) is 1. The highest BCUT2D eigenvalue weighted by Gasteiger charge is 2.04. The Morgan fingerprint density at radius 1 is 1.53 bits per heavy atom. The highest BCUT2D eigenvalue weighted by Crippen LogP contribution is 2.19. The molecule has 0 bridgehead atoms. The lowest BCUT2D eigenvalue weighted by atomic mass is 10.3. The normalized spacial score (nSPS) is 11.4. The van der Waals surface area contributed by atoms with Gasteiger partial charge in [0.15, 0.2) is 0 Å². The quantitative estimate of drug-likeness (QED) is 0.263. The fourth-order valence-corrected chi connectivity index (χ4v) is 1.52. The van der Waals surface area contributed by atoms with E-state index in [0.29, 0.717) is 22.7 Å². The summed E-state index contributed by atoms with van der Waals surface area (Å²) in [7, 11) is 0. The molecular formula is C11H16BrFN4. The Labute approximate surface area is 109 Å². The molecule has 1 aromatic carbocycles. The average molecular weight is 303 g/mol. The van der Waals surface area contributed by atoms with E-state index in [-0.39, 0.29) is 5.82 Å². The minimum Gasteiger partial charge on any atom is -0.323 e. The third-order valence-electron chi connectivity index (χ3n) is 2.10. The van der Waals surface area contributed by atoms with E-state index in [0.717, 1.165) is 12.8 Å². The summed E-state index contributed by atoms with van der Waals surface area (Å²) in [5.41, 5.74) is 2.75. The maximum atomic E-state index is 13.5. The van der Waals surface area contributed by atoms with Crippen LogP contribution in [0.5, 0.6) is 0 Å². The van der Waals surface area contributed by atoms with Crippen molar-refractivity contribution in [3.05, 3.63) is 28.5 Å². The molecule has 0 aliphatic carbocycles. The van der Waals surface area contributed by atoms with Crippen LogP contribution in [-0.2, 0) is 0 Å². The Morgan fingerprint density at radius 3 is 2.88 bits per heavy atom. The molecule has 0 saturated carbocycles. The molecular weight excluding hydrogens is 287 g/mol. The predicted molar refractivity (Wildman–Crippen MR) is 72.3 cm³/mol. The molecule has 0 amide bonds. The second-order valence-electron chi connectivity index (χ2n) is 3.48. The number of guanidine groups is 1. The number of anilines is 1. The number of halogens is 2. The summed E-state index contributed by atoms with van der Waals surface area (Å²) in [6.07, 6.45) is 2.02. The first-order chi connectivity index (χ1) is 8.17. The molecule has 0 atom stereocenters. The standard InChI is InChI=1S/C11H16BrFN4/c1-2-3-6-15-11(17-14)16-10-5-4-8(12)7-9(10)13/h4-5,7H,2-3,6,14H2,1H3,(H2,15,16,17).